The van der Waals surface area contributed by atoms with Crippen LogP contribution in [0.4, 0.5) is 13.2 Å². The minimum Gasteiger partial charge on any atom is -0.231 e. The van der Waals surface area contributed by atoms with Gasteiger partial charge in [0.05, 0.1) is 23.0 Å². The van der Waals surface area contributed by atoms with Crippen molar-refractivity contribution in [3.63, 3.8) is 0 Å². The van der Waals surface area contributed by atoms with E-state index in [4.69, 9.17) is 10.4 Å². The van der Waals surface area contributed by atoms with E-state index in [-0.39, 0.29) is 16.3 Å². The van der Waals surface area contributed by atoms with E-state index in [9.17, 15) is 21.6 Å². The van der Waals surface area contributed by atoms with Crippen LogP contribution in [0, 0.1) is 11.3 Å². The van der Waals surface area contributed by atoms with Crippen LogP contribution in [0.1, 0.15) is 11.3 Å². The molecule has 2 aromatic carbocycles. The number of hydrogen-bond donors (Lipinski definition) is 1. The number of nitriles is 1. The van der Waals surface area contributed by atoms with E-state index in [1.165, 1.54) is 48.5 Å². The van der Waals surface area contributed by atoms with Gasteiger partial charge >= 0.3 is 6.18 Å². The summed E-state index contributed by atoms with van der Waals surface area (Å²) >= 11 is 0. The smallest absolute Gasteiger partial charge is 0.231 e. The Labute approximate surface area is 152 Å². The van der Waals surface area contributed by atoms with Crippen LogP contribution in [0.2, 0.25) is 0 Å². The van der Waals surface area contributed by atoms with Crippen molar-refractivity contribution in [3.8, 4) is 23.0 Å². The first kappa shape index (κ1) is 18.6. The average molecular weight is 392 g/mol. The number of rotatable bonds is 3. The Hall–Kier alpha value is -3.16. The van der Waals surface area contributed by atoms with Crippen molar-refractivity contribution in [1.82, 2.24) is 9.78 Å². The molecular weight excluding hydrogens is 381 g/mol. The molecule has 6 nitrogen and oxygen atoms in total. The maximum absolute atomic E-state index is 13.2. The zero-order valence-electron chi connectivity index (χ0n) is 13.5. The fourth-order valence-corrected chi connectivity index (χ4v) is 3.21. The van der Waals surface area contributed by atoms with Crippen LogP contribution in [-0.2, 0) is 16.2 Å². The SMILES string of the molecule is N#Cc1ccc(-c2cc(C(F)(F)F)nn2-c2ccccc2S(N)(=O)=O)cc1. The standard InChI is InChI=1S/C17H11F3N4O2S/c18-17(19,20)16-9-14(12-7-5-11(10-21)6-8-12)24(23-16)13-3-1-2-4-15(13)27(22,25)26/h1-9H,(H2,22,25,26). The van der Waals surface area contributed by atoms with Gasteiger partial charge in [-0.25, -0.2) is 18.2 Å². The fraction of sp³-hybridized carbons (Fsp3) is 0.0588. The second-order valence-corrected chi connectivity index (χ2v) is 7.06. The summed E-state index contributed by atoms with van der Waals surface area (Å²) < 4.78 is 64.2. The van der Waals surface area contributed by atoms with Gasteiger partial charge in [0.2, 0.25) is 10.0 Å². The zero-order chi connectivity index (χ0) is 19.8. The Morgan fingerprint density at radius 3 is 2.26 bits per heavy atom. The maximum Gasteiger partial charge on any atom is 0.435 e. The normalized spacial score (nSPS) is 12.0. The molecule has 10 heteroatoms. The summed E-state index contributed by atoms with van der Waals surface area (Å²) in [5.41, 5.74) is -0.657. The van der Waals surface area contributed by atoms with Crippen LogP contribution in [0.15, 0.2) is 59.5 Å². The van der Waals surface area contributed by atoms with Crippen molar-refractivity contribution in [2.75, 3.05) is 0 Å². The molecule has 0 aliphatic carbocycles. The number of halogens is 3. The van der Waals surface area contributed by atoms with Crippen molar-refractivity contribution in [1.29, 1.82) is 5.26 Å². The van der Waals surface area contributed by atoms with Gasteiger partial charge in [0.15, 0.2) is 5.69 Å². The number of hydrogen-bond acceptors (Lipinski definition) is 4. The Balaban J connectivity index is 2.30. The Bertz CT molecular complexity index is 1140. The van der Waals surface area contributed by atoms with Crippen LogP contribution in [0.5, 0.6) is 0 Å². The number of nitrogens with zero attached hydrogens (tertiary/aromatic N) is 3. The summed E-state index contributed by atoms with van der Waals surface area (Å²) in [6, 6.07) is 13.8. The third kappa shape index (κ3) is 3.69. The highest BCUT2D eigenvalue weighted by Gasteiger charge is 2.35. The number of alkyl halides is 3. The number of para-hydroxylation sites is 1. The molecule has 3 aromatic rings. The molecule has 0 saturated carbocycles. The van der Waals surface area contributed by atoms with E-state index in [1.807, 2.05) is 6.07 Å². The van der Waals surface area contributed by atoms with E-state index in [0.717, 1.165) is 10.7 Å². The van der Waals surface area contributed by atoms with Crippen molar-refractivity contribution >= 4 is 10.0 Å². The minimum absolute atomic E-state index is 0.00270. The summed E-state index contributed by atoms with van der Waals surface area (Å²) in [6.45, 7) is 0. The van der Waals surface area contributed by atoms with Gasteiger partial charge in [0, 0.05) is 5.56 Å². The van der Waals surface area contributed by atoms with Crippen molar-refractivity contribution in [3.05, 3.63) is 65.9 Å². The number of nitrogens with two attached hydrogens (primary N) is 1. The summed E-state index contributed by atoms with van der Waals surface area (Å²) in [6.07, 6.45) is -4.73. The molecule has 27 heavy (non-hydrogen) atoms. The van der Waals surface area contributed by atoms with E-state index in [2.05, 4.69) is 5.10 Å². The molecule has 0 aliphatic heterocycles. The maximum atomic E-state index is 13.2. The number of aromatic nitrogens is 2. The molecule has 0 atom stereocenters. The van der Waals surface area contributed by atoms with Gasteiger partial charge in [-0.15, -0.1) is 0 Å². The molecule has 0 fully saturated rings. The van der Waals surface area contributed by atoms with Crippen LogP contribution in [0.3, 0.4) is 0 Å². The second kappa shape index (κ2) is 6.53. The Morgan fingerprint density at radius 1 is 1.07 bits per heavy atom. The third-order valence-electron chi connectivity index (χ3n) is 3.71. The Morgan fingerprint density at radius 2 is 1.70 bits per heavy atom. The van der Waals surface area contributed by atoms with E-state index in [1.54, 1.807) is 0 Å². The highest BCUT2D eigenvalue weighted by Crippen LogP contribution is 2.34. The molecule has 3 rings (SSSR count). The number of sulfonamides is 1. The number of benzene rings is 2. The van der Waals surface area contributed by atoms with E-state index < -0.39 is 21.9 Å². The van der Waals surface area contributed by atoms with Gasteiger partial charge in [-0.3, -0.25) is 0 Å². The first-order valence-electron chi connectivity index (χ1n) is 7.41. The molecule has 0 bridgehead atoms. The summed E-state index contributed by atoms with van der Waals surface area (Å²) in [7, 11) is -4.20. The molecule has 1 aromatic heterocycles. The first-order valence-corrected chi connectivity index (χ1v) is 8.96. The quantitative estimate of drug-likeness (QED) is 0.740. The molecule has 0 aliphatic rings. The first-order chi connectivity index (χ1) is 12.6. The van der Waals surface area contributed by atoms with Gasteiger partial charge in [-0.05, 0) is 30.3 Å². The largest absolute Gasteiger partial charge is 0.435 e. The van der Waals surface area contributed by atoms with Gasteiger partial charge in [0.25, 0.3) is 0 Å². The van der Waals surface area contributed by atoms with Crippen LogP contribution >= 0.6 is 0 Å². The Kier molecular flexibility index (Phi) is 4.51. The van der Waals surface area contributed by atoms with Crippen LogP contribution in [0.25, 0.3) is 16.9 Å². The van der Waals surface area contributed by atoms with Gasteiger partial charge in [0.1, 0.15) is 4.90 Å². The lowest BCUT2D eigenvalue weighted by Gasteiger charge is -2.11. The van der Waals surface area contributed by atoms with Crippen molar-refractivity contribution < 1.29 is 21.6 Å². The molecule has 0 spiro atoms. The lowest BCUT2D eigenvalue weighted by Crippen LogP contribution is -2.16. The molecule has 0 unspecified atom stereocenters. The molecule has 0 amide bonds. The lowest BCUT2D eigenvalue weighted by molar-refractivity contribution is -0.141. The summed E-state index contributed by atoms with van der Waals surface area (Å²) in [5.74, 6) is 0. The van der Waals surface area contributed by atoms with Crippen LogP contribution in [-0.4, -0.2) is 18.2 Å². The minimum atomic E-state index is -4.73. The molecule has 1 heterocycles. The van der Waals surface area contributed by atoms with Crippen molar-refractivity contribution in [2.24, 2.45) is 5.14 Å². The van der Waals surface area contributed by atoms with E-state index >= 15 is 0 Å². The molecule has 2 N–H and O–H groups in total. The monoisotopic (exact) mass is 392 g/mol. The van der Waals surface area contributed by atoms with Crippen LogP contribution < -0.4 is 5.14 Å². The highest BCUT2D eigenvalue weighted by molar-refractivity contribution is 7.89. The second-order valence-electron chi connectivity index (χ2n) is 5.53. The highest BCUT2D eigenvalue weighted by atomic mass is 32.2. The zero-order valence-corrected chi connectivity index (χ0v) is 14.3. The van der Waals surface area contributed by atoms with Gasteiger partial charge in [-0.2, -0.15) is 23.5 Å². The third-order valence-corrected chi connectivity index (χ3v) is 4.67. The van der Waals surface area contributed by atoms with Gasteiger partial charge in [-0.1, -0.05) is 24.3 Å². The topological polar surface area (TPSA) is 102 Å². The summed E-state index contributed by atoms with van der Waals surface area (Å²) in [4.78, 5) is -0.364. The summed E-state index contributed by atoms with van der Waals surface area (Å²) in [5, 5.41) is 17.6. The van der Waals surface area contributed by atoms with Crippen molar-refractivity contribution in [2.45, 2.75) is 11.1 Å². The molecule has 0 saturated heterocycles. The van der Waals surface area contributed by atoms with Gasteiger partial charge < -0.3 is 0 Å². The molecule has 0 radical (unpaired) electrons. The number of primary sulfonamides is 1. The van der Waals surface area contributed by atoms with E-state index in [0.29, 0.717) is 11.1 Å². The average Bonchev–Trinajstić information content (AvgIpc) is 3.07. The lowest BCUT2D eigenvalue weighted by atomic mass is 10.1. The molecular formula is C17H11F3N4O2S. The fourth-order valence-electron chi connectivity index (χ4n) is 2.50. The predicted molar refractivity (Wildman–Crippen MR) is 90.1 cm³/mol. The molecule has 138 valence electrons. The predicted octanol–water partition coefficient (Wildman–Crippen LogP) is 3.08.